The Morgan fingerprint density at radius 2 is 0.487 bits per heavy atom. The van der Waals surface area contributed by atoms with Gasteiger partial charge >= 0.3 is 17.9 Å². The lowest BCUT2D eigenvalue weighted by Crippen LogP contribution is -2.30. The van der Waals surface area contributed by atoms with Gasteiger partial charge in [-0.2, -0.15) is 0 Å². The van der Waals surface area contributed by atoms with Crippen molar-refractivity contribution in [1.29, 1.82) is 0 Å². The summed E-state index contributed by atoms with van der Waals surface area (Å²) in [5, 5.41) is 0. The monoisotopic (exact) mass is 1110 g/mol. The van der Waals surface area contributed by atoms with Crippen LogP contribution in [0, 0.1) is 0 Å². The highest BCUT2D eigenvalue weighted by molar-refractivity contribution is 5.71. The molecule has 0 fully saturated rings. The summed E-state index contributed by atoms with van der Waals surface area (Å²) < 4.78 is 17.0. The molecule has 0 radical (unpaired) electrons. The minimum absolute atomic E-state index is 0.0764. The van der Waals surface area contributed by atoms with Crippen LogP contribution in [-0.2, 0) is 28.6 Å². The molecule has 1 atom stereocenters. The van der Waals surface area contributed by atoms with Gasteiger partial charge in [0.15, 0.2) is 6.10 Å². The van der Waals surface area contributed by atoms with Crippen LogP contribution in [0.25, 0.3) is 0 Å². The maximum atomic E-state index is 13.0. The van der Waals surface area contributed by atoms with E-state index in [0.29, 0.717) is 19.3 Å². The van der Waals surface area contributed by atoms with E-state index >= 15 is 0 Å². The van der Waals surface area contributed by atoms with Gasteiger partial charge in [-0.25, -0.2) is 0 Å². The zero-order valence-electron chi connectivity index (χ0n) is 53.1. The fraction of sp³-hybridized carbons (Fsp3) is 0.770. The highest BCUT2D eigenvalue weighted by Gasteiger charge is 2.19. The number of esters is 3. The molecule has 0 aliphatic carbocycles. The molecule has 0 aliphatic rings. The minimum Gasteiger partial charge on any atom is -0.462 e. The van der Waals surface area contributed by atoms with Crippen LogP contribution in [0.15, 0.2) is 85.1 Å². The van der Waals surface area contributed by atoms with Crippen LogP contribution in [-0.4, -0.2) is 37.2 Å². The summed E-state index contributed by atoms with van der Waals surface area (Å²) >= 11 is 0. The molecule has 0 bridgehead atoms. The molecule has 0 spiro atoms. The fourth-order valence-corrected chi connectivity index (χ4v) is 9.97. The van der Waals surface area contributed by atoms with Crippen LogP contribution < -0.4 is 0 Å². The molecule has 0 heterocycles. The fourth-order valence-electron chi connectivity index (χ4n) is 9.97. The molecule has 0 N–H and O–H groups in total. The third-order valence-electron chi connectivity index (χ3n) is 15.1. The number of allylic oxidation sites excluding steroid dienone is 14. The standard InChI is InChI=1S/C74H130O6/c1-4-7-10-13-16-19-22-25-28-31-33-35-36-37-38-40-41-43-46-49-52-55-58-61-64-67-73(76)79-70-71(69-78-72(75)66-63-60-57-54-51-48-45-30-27-24-21-18-15-12-9-6-3)80-74(77)68-65-62-59-56-53-50-47-44-42-39-34-32-29-26-23-20-17-14-11-8-5-2/h7,10,16,19,23,25-26,28,32-35,37-38,71H,4-6,8-9,11-15,17-18,20-22,24,27,29-31,36,39-70H2,1-3H3/b10-7-,19-16-,26-23-,28-25-,34-32-,35-33-,38-37-. The average Bonchev–Trinajstić information content (AvgIpc) is 3.46. The highest BCUT2D eigenvalue weighted by Crippen LogP contribution is 2.17. The van der Waals surface area contributed by atoms with E-state index in [1.165, 1.54) is 205 Å². The lowest BCUT2D eigenvalue weighted by Gasteiger charge is -2.18. The van der Waals surface area contributed by atoms with Crippen molar-refractivity contribution in [2.24, 2.45) is 0 Å². The molecule has 0 aromatic rings. The SMILES string of the molecule is CC/C=C\C/C=C\C/C=C\C/C=C\C/C=C\CCCCCCCCCCCC(=O)OCC(COC(=O)CCCCCCCCCCCCCCCCCC)OC(=O)CCCCCCCCCCC/C=C\C/C=C\CCCCCCC. The van der Waals surface area contributed by atoms with E-state index in [0.717, 1.165) is 103 Å². The first-order valence-corrected chi connectivity index (χ1v) is 34.6. The maximum Gasteiger partial charge on any atom is 0.306 e. The van der Waals surface area contributed by atoms with E-state index in [4.69, 9.17) is 14.2 Å². The molecule has 462 valence electrons. The van der Waals surface area contributed by atoms with Crippen LogP contribution in [0.3, 0.4) is 0 Å². The Kier molecular flexibility index (Phi) is 65.2. The number of rotatable bonds is 63. The van der Waals surface area contributed by atoms with Gasteiger partial charge in [-0.15, -0.1) is 0 Å². The van der Waals surface area contributed by atoms with Gasteiger partial charge in [0.25, 0.3) is 0 Å². The van der Waals surface area contributed by atoms with Crippen molar-refractivity contribution in [3.8, 4) is 0 Å². The predicted octanol–water partition coefficient (Wildman–Crippen LogP) is 23.8. The van der Waals surface area contributed by atoms with Crippen LogP contribution >= 0.6 is 0 Å². The molecule has 0 saturated carbocycles. The van der Waals surface area contributed by atoms with Gasteiger partial charge in [-0.3, -0.25) is 14.4 Å². The molecule has 80 heavy (non-hydrogen) atoms. The Labute approximate surface area is 496 Å². The first kappa shape index (κ1) is 76.6. The van der Waals surface area contributed by atoms with Crippen molar-refractivity contribution in [2.75, 3.05) is 13.2 Å². The van der Waals surface area contributed by atoms with Crippen LogP contribution in [0.2, 0.25) is 0 Å². The van der Waals surface area contributed by atoms with E-state index in [1.807, 2.05) is 0 Å². The third kappa shape index (κ3) is 65.4. The van der Waals surface area contributed by atoms with Crippen molar-refractivity contribution < 1.29 is 28.6 Å². The summed E-state index contributed by atoms with van der Waals surface area (Å²) in [7, 11) is 0. The second-order valence-corrected chi connectivity index (χ2v) is 23.1. The Balaban J connectivity index is 4.36. The number of unbranched alkanes of at least 4 members (excludes halogenated alkanes) is 38. The smallest absolute Gasteiger partial charge is 0.306 e. The number of hydrogen-bond donors (Lipinski definition) is 0. The molecular formula is C74H130O6. The van der Waals surface area contributed by atoms with Gasteiger partial charge < -0.3 is 14.2 Å². The van der Waals surface area contributed by atoms with Crippen molar-refractivity contribution in [1.82, 2.24) is 0 Å². The zero-order chi connectivity index (χ0) is 57.8. The minimum atomic E-state index is -0.782. The topological polar surface area (TPSA) is 78.9 Å². The Morgan fingerprint density at radius 1 is 0.263 bits per heavy atom. The van der Waals surface area contributed by atoms with Crippen LogP contribution in [0.5, 0.6) is 0 Å². The van der Waals surface area contributed by atoms with Gasteiger partial charge in [0.1, 0.15) is 13.2 Å². The molecule has 6 heteroatoms. The lowest BCUT2D eigenvalue weighted by molar-refractivity contribution is -0.167. The Morgan fingerprint density at radius 3 is 0.762 bits per heavy atom. The molecule has 1 unspecified atom stereocenters. The molecule has 0 saturated heterocycles. The van der Waals surface area contributed by atoms with Crippen LogP contribution in [0.1, 0.15) is 348 Å². The van der Waals surface area contributed by atoms with Gasteiger partial charge in [-0.1, -0.05) is 318 Å². The van der Waals surface area contributed by atoms with E-state index in [1.54, 1.807) is 0 Å². The number of hydrogen-bond acceptors (Lipinski definition) is 6. The summed E-state index contributed by atoms with van der Waals surface area (Å²) in [6.45, 7) is 6.56. The Hall–Kier alpha value is -3.41. The van der Waals surface area contributed by atoms with Crippen molar-refractivity contribution in [2.45, 2.75) is 354 Å². The van der Waals surface area contributed by atoms with E-state index in [9.17, 15) is 14.4 Å². The summed E-state index contributed by atoms with van der Waals surface area (Å²) in [5.74, 6) is -0.868. The predicted molar refractivity (Wildman–Crippen MR) is 348 cm³/mol. The van der Waals surface area contributed by atoms with Crippen LogP contribution in [0.4, 0.5) is 0 Å². The van der Waals surface area contributed by atoms with Gasteiger partial charge in [0.2, 0.25) is 0 Å². The number of ether oxygens (including phenoxy) is 3. The maximum absolute atomic E-state index is 13.0. The molecule has 0 rings (SSSR count). The largest absolute Gasteiger partial charge is 0.462 e. The van der Waals surface area contributed by atoms with Crippen molar-refractivity contribution >= 4 is 17.9 Å². The summed E-state index contributed by atoms with van der Waals surface area (Å²) in [4.78, 5) is 38.5. The summed E-state index contributed by atoms with van der Waals surface area (Å²) in [5.41, 5.74) is 0. The molecular weight excluding hydrogens is 985 g/mol. The van der Waals surface area contributed by atoms with E-state index < -0.39 is 6.10 Å². The van der Waals surface area contributed by atoms with E-state index in [-0.39, 0.29) is 31.1 Å². The molecule has 0 amide bonds. The molecule has 6 nitrogen and oxygen atoms in total. The second-order valence-electron chi connectivity index (χ2n) is 23.1. The molecule has 0 aromatic heterocycles. The Bertz CT molecular complexity index is 1520. The van der Waals surface area contributed by atoms with Gasteiger partial charge in [0, 0.05) is 19.3 Å². The first-order chi connectivity index (χ1) is 39.5. The van der Waals surface area contributed by atoms with Gasteiger partial charge in [0.05, 0.1) is 0 Å². The summed E-state index contributed by atoms with van der Waals surface area (Å²) in [6, 6.07) is 0. The normalized spacial score (nSPS) is 12.6. The highest BCUT2D eigenvalue weighted by atomic mass is 16.6. The van der Waals surface area contributed by atoms with E-state index in [2.05, 4.69) is 106 Å². The summed E-state index contributed by atoms with van der Waals surface area (Å²) in [6.07, 6.45) is 90.2. The lowest BCUT2D eigenvalue weighted by atomic mass is 10.0. The number of carbonyl (C=O) groups excluding carboxylic acids is 3. The van der Waals surface area contributed by atoms with Gasteiger partial charge in [-0.05, 0) is 96.3 Å². The zero-order valence-corrected chi connectivity index (χ0v) is 53.1. The van der Waals surface area contributed by atoms with Crippen molar-refractivity contribution in [3.63, 3.8) is 0 Å². The molecule has 0 aliphatic heterocycles. The van der Waals surface area contributed by atoms with Crippen molar-refractivity contribution in [3.05, 3.63) is 85.1 Å². The second kappa shape index (κ2) is 68.1. The number of carbonyl (C=O) groups is 3. The first-order valence-electron chi connectivity index (χ1n) is 34.6. The average molecular weight is 1120 g/mol. The molecule has 0 aromatic carbocycles. The third-order valence-corrected chi connectivity index (χ3v) is 15.1. The quantitative estimate of drug-likeness (QED) is 0.0261.